The highest BCUT2D eigenvalue weighted by Gasteiger charge is 2.63. The minimum atomic E-state index is -1.51. The van der Waals surface area contributed by atoms with Crippen molar-refractivity contribution in [1.82, 2.24) is 0 Å². The number of hydrogen-bond donors (Lipinski definition) is 0. The first-order chi connectivity index (χ1) is 15.5. The molecular weight excluding hydrogens is 412 g/mol. The maximum atomic E-state index is 2.91. The third-order valence-corrected chi connectivity index (χ3v) is 18.3. The van der Waals surface area contributed by atoms with Crippen LogP contribution in [0.4, 0.5) is 0 Å². The van der Waals surface area contributed by atoms with Crippen LogP contribution in [-0.2, 0) is 0 Å². The van der Waals surface area contributed by atoms with E-state index < -0.39 is 8.07 Å². The van der Waals surface area contributed by atoms with E-state index in [1.165, 1.54) is 12.8 Å². The molecule has 0 aliphatic heterocycles. The Kier molecular flexibility index (Phi) is 6.20. The van der Waals surface area contributed by atoms with Gasteiger partial charge in [0.2, 0.25) is 0 Å². The first kappa shape index (κ1) is 24.4. The van der Waals surface area contributed by atoms with Crippen molar-refractivity contribution in [2.45, 2.75) is 118 Å². The van der Waals surface area contributed by atoms with E-state index in [0.717, 1.165) is 70.3 Å². The van der Waals surface area contributed by atoms with Crippen molar-refractivity contribution in [3.63, 3.8) is 0 Å². The number of allylic oxidation sites excluding steroid dienone is 4. The van der Waals surface area contributed by atoms with Gasteiger partial charge in [-0.2, -0.15) is 0 Å². The summed E-state index contributed by atoms with van der Waals surface area (Å²) in [6.45, 7) is 26.2. The molecule has 0 aromatic carbocycles. The minimum Gasteiger partial charge on any atom is -0.0689 e. The molecule has 5 rings (SSSR count). The maximum absolute atomic E-state index is 2.91. The summed E-state index contributed by atoms with van der Waals surface area (Å²) < 4.78 is 0. The van der Waals surface area contributed by atoms with Gasteiger partial charge in [0.05, 0.1) is 8.07 Å². The lowest BCUT2D eigenvalue weighted by atomic mass is 9.70. The van der Waals surface area contributed by atoms with Gasteiger partial charge in [-0.1, -0.05) is 64.8 Å². The highest BCUT2D eigenvalue weighted by Crippen LogP contribution is 2.70. The Balaban J connectivity index is 1.58. The van der Waals surface area contributed by atoms with Gasteiger partial charge < -0.3 is 0 Å². The Labute approximate surface area is 207 Å². The van der Waals surface area contributed by atoms with E-state index in [-0.39, 0.29) is 0 Å². The molecule has 4 fully saturated rings. The molecule has 0 nitrogen and oxygen atoms in total. The van der Waals surface area contributed by atoms with E-state index >= 15 is 0 Å². The van der Waals surface area contributed by atoms with E-state index in [1.54, 1.807) is 48.0 Å². The summed E-state index contributed by atoms with van der Waals surface area (Å²) in [5.41, 5.74) is 8.84. The first-order valence-corrected chi connectivity index (χ1v) is 18.0. The zero-order valence-corrected chi connectivity index (χ0v) is 24.7. The smallest absolute Gasteiger partial charge is 0.0550 e. The quantitative estimate of drug-likeness (QED) is 0.355. The fraction of sp³-hybridized carbons (Fsp3) is 0.875. The SMILES string of the molecule is CC1=C(C)C2C(C)C(C)C([Si](C)(C)C3C4CC(C)CCC4C4CCC(C)CC43)C2C(C)=C1C. The summed E-state index contributed by atoms with van der Waals surface area (Å²) in [4.78, 5) is 0. The van der Waals surface area contributed by atoms with Crippen LogP contribution in [0.1, 0.15) is 93.9 Å². The molecule has 0 aromatic heterocycles. The summed E-state index contributed by atoms with van der Waals surface area (Å²) >= 11 is 0. The van der Waals surface area contributed by atoms with Crippen molar-refractivity contribution in [2.75, 3.05) is 0 Å². The van der Waals surface area contributed by atoms with Crippen LogP contribution in [0.5, 0.6) is 0 Å². The van der Waals surface area contributed by atoms with Crippen molar-refractivity contribution in [3.05, 3.63) is 22.3 Å². The lowest BCUT2D eigenvalue weighted by Gasteiger charge is -2.49. The van der Waals surface area contributed by atoms with Crippen molar-refractivity contribution in [1.29, 1.82) is 0 Å². The predicted molar refractivity (Wildman–Crippen MR) is 147 cm³/mol. The predicted octanol–water partition coefficient (Wildman–Crippen LogP) is 9.76. The van der Waals surface area contributed by atoms with Crippen LogP contribution in [0.3, 0.4) is 0 Å². The number of rotatable bonds is 2. The van der Waals surface area contributed by atoms with Gasteiger partial charge >= 0.3 is 0 Å². The van der Waals surface area contributed by atoms with Gasteiger partial charge in [0.1, 0.15) is 0 Å². The molecule has 0 bridgehead atoms. The van der Waals surface area contributed by atoms with E-state index in [2.05, 4.69) is 68.5 Å². The lowest BCUT2D eigenvalue weighted by molar-refractivity contribution is 0.144. The average Bonchev–Trinajstić information content (AvgIpc) is 3.22. The average molecular weight is 467 g/mol. The molecule has 0 N–H and O–H groups in total. The van der Waals surface area contributed by atoms with Crippen LogP contribution in [-0.4, -0.2) is 8.07 Å². The van der Waals surface area contributed by atoms with Crippen LogP contribution in [0.15, 0.2) is 22.3 Å². The van der Waals surface area contributed by atoms with Crippen molar-refractivity contribution in [3.8, 4) is 0 Å². The molecule has 1 heteroatoms. The molecule has 33 heavy (non-hydrogen) atoms. The standard InChI is InChI=1S/C32H54Si/c1-17-11-13-25-26-14-12-18(2)16-28(26)32(27(25)15-17)33(9,10)31-24(8)23(7)29-21(5)19(3)20(4)22(6)30(29)31/h17-18,23-32H,11-16H2,1-10H3. The molecule has 0 spiro atoms. The second-order valence-corrected chi connectivity index (χ2v) is 19.7. The minimum absolute atomic E-state index is 0.809. The first-order valence-electron chi connectivity index (χ1n) is 14.8. The van der Waals surface area contributed by atoms with Gasteiger partial charge in [0.25, 0.3) is 0 Å². The molecule has 0 saturated heterocycles. The number of fused-ring (bicyclic) bond motifs is 4. The van der Waals surface area contributed by atoms with Crippen molar-refractivity contribution < 1.29 is 0 Å². The van der Waals surface area contributed by atoms with Gasteiger partial charge in [-0.3, -0.25) is 0 Å². The van der Waals surface area contributed by atoms with E-state index in [4.69, 9.17) is 0 Å². The van der Waals surface area contributed by atoms with Gasteiger partial charge in [0.15, 0.2) is 0 Å². The second-order valence-electron chi connectivity index (χ2n) is 14.8. The summed E-state index contributed by atoms with van der Waals surface area (Å²) in [6, 6.07) is 0. The largest absolute Gasteiger partial charge is 0.0689 e. The van der Waals surface area contributed by atoms with Crippen LogP contribution >= 0.6 is 0 Å². The summed E-state index contributed by atoms with van der Waals surface area (Å²) in [5.74, 6) is 9.57. The Morgan fingerprint density at radius 3 is 1.48 bits per heavy atom. The van der Waals surface area contributed by atoms with Crippen LogP contribution in [0.2, 0.25) is 24.2 Å². The zero-order chi connectivity index (χ0) is 24.0. The highest BCUT2D eigenvalue weighted by atomic mass is 28.3. The Morgan fingerprint density at radius 2 is 1.00 bits per heavy atom. The molecule has 0 aromatic rings. The second kappa shape index (κ2) is 8.38. The fourth-order valence-corrected chi connectivity index (χ4v) is 17.9. The Hall–Kier alpha value is -0.303. The summed E-state index contributed by atoms with van der Waals surface area (Å²) in [5, 5.41) is 0. The van der Waals surface area contributed by atoms with E-state index in [0.29, 0.717) is 0 Å². The lowest BCUT2D eigenvalue weighted by Crippen LogP contribution is -2.48. The fourth-order valence-electron chi connectivity index (χ4n) is 11.4. The van der Waals surface area contributed by atoms with E-state index in [9.17, 15) is 0 Å². The molecule has 11 unspecified atom stereocenters. The van der Waals surface area contributed by atoms with Gasteiger partial charge in [-0.15, -0.1) is 0 Å². The third-order valence-electron chi connectivity index (χ3n) is 13.1. The molecule has 0 amide bonds. The van der Waals surface area contributed by atoms with Crippen LogP contribution in [0.25, 0.3) is 0 Å². The molecule has 0 heterocycles. The van der Waals surface area contributed by atoms with Gasteiger partial charge in [-0.25, -0.2) is 0 Å². The Morgan fingerprint density at radius 1 is 0.545 bits per heavy atom. The molecular formula is C32H54Si. The monoisotopic (exact) mass is 466 g/mol. The van der Waals surface area contributed by atoms with Gasteiger partial charge in [-0.05, 0) is 135 Å². The molecule has 5 aliphatic rings. The maximum Gasteiger partial charge on any atom is 0.0550 e. The van der Waals surface area contributed by atoms with Crippen LogP contribution < -0.4 is 0 Å². The molecule has 186 valence electrons. The molecule has 4 saturated carbocycles. The van der Waals surface area contributed by atoms with Gasteiger partial charge in [0, 0.05) is 0 Å². The molecule has 0 radical (unpaired) electrons. The van der Waals surface area contributed by atoms with Crippen LogP contribution in [0, 0.1) is 59.2 Å². The Bertz CT molecular complexity index is 819. The topological polar surface area (TPSA) is 0 Å². The van der Waals surface area contributed by atoms with E-state index in [1.807, 2.05) is 0 Å². The third kappa shape index (κ3) is 3.47. The summed E-state index contributed by atoms with van der Waals surface area (Å²) in [7, 11) is -1.51. The normalized spacial score (nSPS) is 50.4. The zero-order valence-electron chi connectivity index (χ0n) is 23.7. The highest BCUT2D eigenvalue weighted by molar-refractivity contribution is 6.80. The number of hydrogen-bond acceptors (Lipinski definition) is 0. The van der Waals surface area contributed by atoms with Crippen molar-refractivity contribution in [2.24, 2.45) is 59.2 Å². The summed E-state index contributed by atoms with van der Waals surface area (Å²) in [6.07, 6.45) is 9.27. The molecule has 11 atom stereocenters. The molecule has 5 aliphatic carbocycles. The van der Waals surface area contributed by atoms with Crippen molar-refractivity contribution >= 4 is 8.07 Å².